The molecule has 0 aromatic heterocycles. The Morgan fingerprint density at radius 3 is 2.19 bits per heavy atom. The number of nitrogens with zero attached hydrogens (tertiary/aromatic N) is 2. The predicted octanol–water partition coefficient (Wildman–Crippen LogP) is 1.70. The van der Waals surface area contributed by atoms with Gasteiger partial charge in [0.1, 0.15) is 6.54 Å². The number of hydrogen-bond donors (Lipinski definition) is 1. The van der Waals surface area contributed by atoms with Crippen LogP contribution in [0.25, 0.3) is 0 Å². The minimum atomic E-state index is -3.81. The van der Waals surface area contributed by atoms with Crippen LogP contribution in [0.15, 0.2) is 30.3 Å². The number of aliphatic carboxylic acids is 1. The lowest BCUT2D eigenvalue weighted by molar-refractivity contribution is -0.135. The highest BCUT2D eigenvalue weighted by Gasteiger charge is 2.31. The number of carboxylic acid groups (broad SMARTS) is 1. The van der Waals surface area contributed by atoms with Gasteiger partial charge in [-0.05, 0) is 25.0 Å². The molecule has 0 radical (unpaired) electrons. The third-order valence-electron chi connectivity index (χ3n) is 3.49. The van der Waals surface area contributed by atoms with E-state index in [-0.39, 0.29) is 0 Å². The van der Waals surface area contributed by atoms with Gasteiger partial charge in [0, 0.05) is 13.1 Å². The van der Waals surface area contributed by atoms with E-state index in [1.807, 2.05) is 0 Å². The van der Waals surface area contributed by atoms with E-state index in [0.717, 1.165) is 30.0 Å². The van der Waals surface area contributed by atoms with Crippen LogP contribution < -0.4 is 4.31 Å². The zero-order valence-corrected chi connectivity index (χ0v) is 12.6. The molecule has 1 fully saturated rings. The Bertz CT molecular complexity index is 566. The Labute approximate surface area is 125 Å². The maximum Gasteiger partial charge on any atom is 0.324 e. The first-order valence-electron chi connectivity index (χ1n) is 7.06. The van der Waals surface area contributed by atoms with Crippen molar-refractivity contribution < 1.29 is 18.3 Å². The van der Waals surface area contributed by atoms with Gasteiger partial charge in [-0.1, -0.05) is 31.0 Å². The van der Waals surface area contributed by atoms with Gasteiger partial charge in [-0.25, -0.2) is 4.31 Å². The third kappa shape index (κ3) is 3.95. The van der Waals surface area contributed by atoms with Crippen LogP contribution in [-0.4, -0.2) is 43.4 Å². The van der Waals surface area contributed by atoms with Gasteiger partial charge in [0.05, 0.1) is 5.69 Å². The SMILES string of the molecule is O=C(O)CN(c1ccccc1)S(=O)(=O)N1CCCCCC1. The first-order valence-corrected chi connectivity index (χ1v) is 8.46. The zero-order chi connectivity index (χ0) is 15.3. The highest BCUT2D eigenvalue weighted by molar-refractivity contribution is 7.90. The third-order valence-corrected chi connectivity index (χ3v) is 5.41. The van der Waals surface area contributed by atoms with Crippen LogP contribution in [0.4, 0.5) is 5.69 Å². The molecule has 0 amide bonds. The maximum absolute atomic E-state index is 12.8. The van der Waals surface area contributed by atoms with Crippen molar-refractivity contribution in [2.75, 3.05) is 23.9 Å². The zero-order valence-electron chi connectivity index (χ0n) is 11.8. The molecule has 0 unspecified atom stereocenters. The van der Waals surface area contributed by atoms with Gasteiger partial charge >= 0.3 is 16.2 Å². The normalized spacial score (nSPS) is 17.1. The summed E-state index contributed by atoms with van der Waals surface area (Å²) in [5.74, 6) is -1.17. The first-order chi connectivity index (χ1) is 10.0. The molecule has 1 aromatic rings. The summed E-state index contributed by atoms with van der Waals surface area (Å²) in [5, 5.41) is 9.04. The van der Waals surface area contributed by atoms with Crippen LogP contribution >= 0.6 is 0 Å². The lowest BCUT2D eigenvalue weighted by Crippen LogP contribution is -2.46. The van der Waals surface area contributed by atoms with Gasteiger partial charge in [-0.15, -0.1) is 0 Å². The van der Waals surface area contributed by atoms with Gasteiger partial charge < -0.3 is 5.11 Å². The molecular weight excluding hydrogens is 292 g/mol. The van der Waals surface area contributed by atoms with Crippen molar-refractivity contribution in [3.63, 3.8) is 0 Å². The highest BCUT2D eigenvalue weighted by Crippen LogP contribution is 2.22. The van der Waals surface area contributed by atoms with Crippen LogP contribution in [0.2, 0.25) is 0 Å². The predicted molar refractivity (Wildman–Crippen MR) is 80.4 cm³/mol. The fourth-order valence-electron chi connectivity index (χ4n) is 2.43. The largest absolute Gasteiger partial charge is 0.480 e. The topological polar surface area (TPSA) is 77.9 Å². The van der Waals surface area contributed by atoms with E-state index in [1.54, 1.807) is 30.3 Å². The molecule has 0 aliphatic carbocycles. The molecule has 1 saturated heterocycles. The Hall–Kier alpha value is -1.60. The van der Waals surface area contributed by atoms with Crippen LogP contribution in [0.1, 0.15) is 25.7 Å². The molecular formula is C14H20N2O4S. The molecule has 1 aliphatic rings. The summed E-state index contributed by atoms with van der Waals surface area (Å²) in [7, 11) is -3.81. The van der Waals surface area contributed by atoms with Crippen LogP contribution in [0.5, 0.6) is 0 Å². The highest BCUT2D eigenvalue weighted by atomic mass is 32.2. The summed E-state index contributed by atoms with van der Waals surface area (Å²) in [6.07, 6.45) is 3.65. The molecule has 0 spiro atoms. The summed E-state index contributed by atoms with van der Waals surface area (Å²) < 4.78 is 27.9. The molecule has 7 heteroatoms. The van der Waals surface area contributed by atoms with Gasteiger partial charge in [0.2, 0.25) is 0 Å². The number of anilines is 1. The van der Waals surface area contributed by atoms with Crippen molar-refractivity contribution in [1.29, 1.82) is 0 Å². The van der Waals surface area contributed by atoms with Gasteiger partial charge in [-0.3, -0.25) is 4.79 Å². The first kappa shape index (κ1) is 15.8. The van der Waals surface area contributed by atoms with Crippen molar-refractivity contribution in [3.8, 4) is 0 Å². The van der Waals surface area contributed by atoms with E-state index in [2.05, 4.69) is 0 Å². The van der Waals surface area contributed by atoms with Crippen molar-refractivity contribution in [3.05, 3.63) is 30.3 Å². The molecule has 1 N–H and O–H groups in total. The summed E-state index contributed by atoms with van der Waals surface area (Å²) in [4.78, 5) is 11.1. The number of para-hydroxylation sites is 1. The maximum atomic E-state index is 12.8. The van der Waals surface area contributed by atoms with E-state index in [9.17, 15) is 13.2 Å². The Morgan fingerprint density at radius 1 is 1.10 bits per heavy atom. The summed E-state index contributed by atoms with van der Waals surface area (Å²) in [6, 6.07) is 8.38. The molecule has 0 bridgehead atoms. The molecule has 116 valence electrons. The molecule has 0 atom stereocenters. The Morgan fingerprint density at radius 2 is 1.67 bits per heavy atom. The number of benzene rings is 1. The molecule has 21 heavy (non-hydrogen) atoms. The van der Waals surface area contributed by atoms with Gasteiger partial charge in [-0.2, -0.15) is 12.7 Å². The Balaban J connectivity index is 2.32. The fourth-order valence-corrected chi connectivity index (χ4v) is 4.10. The van der Waals surface area contributed by atoms with Crippen molar-refractivity contribution >= 4 is 21.9 Å². The number of hydrogen-bond acceptors (Lipinski definition) is 3. The summed E-state index contributed by atoms with van der Waals surface area (Å²) in [5.41, 5.74) is 0.379. The molecule has 1 aliphatic heterocycles. The molecule has 2 rings (SSSR count). The second-order valence-corrected chi connectivity index (χ2v) is 6.91. The number of rotatable bonds is 5. The lowest BCUT2D eigenvalue weighted by atomic mass is 10.2. The average Bonchev–Trinajstić information content (AvgIpc) is 2.75. The van der Waals surface area contributed by atoms with Crippen molar-refractivity contribution in [2.45, 2.75) is 25.7 Å². The average molecular weight is 312 g/mol. The van der Waals surface area contributed by atoms with E-state index in [0.29, 0.717) is 18.8 Å². The summed E-state index contributed by atoms with van der Waals surface area (Å²) in [6.45, 7) is 0.333. The molecule has 6 nitrogen and oxygen atoms in total. The lowest BCUT2D eigenvalue weighted by Gasteiger charge is -2.29. The smallest absolute Gasteiger partial charge is 0.324 e. The minimum absolute atomic E-state index is 0.379. The van der Waals surface area contributed by atoms with Crippen molar-refractivity contribution in [2.24, 2.45) is 0 Å². The van der Waals surface area contributed by atoms with E-state index in [1.165, 1.54) is 4.31 Å². The van der Waals surface area contributed by atoms with Crippen LogP contribution in [0, 0.1) is 0 Å². The Kier molecular flexibility index (Phi) is 5.19. The molecule has 1 aromatic carbocycles. The van der Waals surface area contributed by atoms with E-state index in [4.69, 9.17) is 5.11 Å². The number of carbonyl (C=O) groups is 1. The monoisotopic (exact) mass is 312 g/mol. The second kappa shape index (κ2) is 6.91. The van der Waals surface area contributed by atoms with Crippen LogP contribution in [0.3, 0.4) is 0 Å². The standard InChI is InChI=1S/C14H20N2O4S/c17-14(18)12-16(13-8-4-3-5-9-13)21(19,20)15-10-6-1-2-7-11-15/h3-5,8-9H,1-2,6-7,10-12H2,(H,17,18). The minimum Gasteiger partial charge on any atom is -0.480 e. The number of carboxylic acids is 1. The van der Waals surface area contributed by atoms with Gasteiger partial charge in [0.15, 0.2) is 0 Å². The summed E-state index contributed by atoms with van der Waals surface area (Å²) >= 11 is 0. The van der Waals surface area contributed by atoms with E-state index < -0.39 is 22.7 Å². The fraction of sp³-hybridized carbons (Fsp3) is 0.500. The quantitative estimate of drug-likeness (QED) is 0.897. The second-order valence-electron chi connectivity index (χ2n) is 5.06. The van der Waals surface area contributed by atoms with Crippen LogP contribution in [-0.2, 0) is 15.0 Å². The molecule has 0 saturated carbocycles. The van der Waals surface area contributed by atoms with Gasteiger partial charge in [0.25, 0.3) is 0 Å². The van der Waals surface area contributed by atoms with E-state index >= 15 is 0 Å². The van der Waals surface area contributed by atoms with Crippen molar-refractivity contribution in [1.82, 2.24) is 4.31 Å². The molecule has 1 heterocycles.